The standard InChI is InChI=1S/C9H10N4O/c10-8-7-3-6(14-5-1-2-5)4-11-9(7)13-12-8/h3-5H,1-2H2,(H3,10,11,12,13). The Bertz CT molecular complexity index is 475. The van der Waals surface area contributed by atoms with E-state index in [4.69, 9.17) is 10.5 Å². The van der Waals surface area contributed by atoms with Crippen molar-refractivity contribution >= 4 is 16.9 Å². The first-order chi connectivity index (χ1) is 6.83. The second-order valence-electron chi connectivity index (χ2n) is 3.50. The third-order valence-electron chi connectivity index (χ3n) is 2.24. The van der Waals surface area contributed by atoms with Crippen LogP contribution < -0.4 is 10.5 Å². The van der Waals surface area contributed by atoms with Gasteiger partial charge in [-0.2, -0.15) is 5.10 Å². The van der Waals surface area contributed by atoms with Crippen LogP contribution in [0.4, 0.5) is 5.82 Å². The minimum Gasteiger partial charge on any atom is -0.489 e. The van der Waals surface area contributed by atoms with Gasteiger partial charge in [-0.3, -0.25) is 5.10 Å². The smallest absolute Gasteiger partial charge is 0.183 e. The Labute approximate surface area is 80.3 Å². The number of aromatic amines is 1. The zero-order valence-electron chi connectivity index (χ0n) is 7.53. The molecule has 0 unspecified atom stereocenters. The summed E-state index contributed by atoms with van der Waals surface area (Å²) < 4.78 is 5.60. The molecule has 5 heteroatoms. The second kappa shape index (κ2) is 2.60. The zero-order chi connectivity index (χ0) is 9.54. The maximum absolute atomic E-state index is 5.68. The number of hydrogen-bond acceptors (Lipinski definition) is 4. The number of pyridine rings is 1. The molecule has 0 saturated heterocycles. The molecular weight excluding hydrogens is 180 g/mol. The molecular formula is C9H10N4O. The molecule has 0 radical (unpaired) electrons. The molecule has 2 aromatic heterocycles. The Balaban J connectivity index is 2.03. The number of aromatic nitrogens is 3. The molecule has 0 atom stereocenters. The lowest BCUT2D eigenvalue weighted by Crippen LogP contribution is -1.96. The molecule has 3 N–H and O–H groups in total. The number of nitrogens with two attached hydrogens (primary N) is 1. The molecule has 72 valence electrons. The van der Waals surface area contributed by atoms with Gasteiger partial charge in [-0.1, -0.05) is 0 Å². The van der Waals surface area contributed by atoms with Crippen LogP contribution in [-0.4, -0.2) is 21.3 Å². The third kappa shape index (κ3) is 1.17. The summed E-state index contributed by atoms with van der Waals surface area (Å²) in [6.45, 7) is 0. The van der Waals surface area contributed by atoms with Crippen molar-refractivity contribution in [3.05, 3.63) is 12.3 Å². The molecule has 0 spiro atoms. The van der Waals surface area contributed by atoms with Crippen molar-refractivity contribution in [2.24, 2.45) is 0 Å². The molecule has 0 aromatic carbocycles. The van der Waals surface area contributed by atoms with Gasteiger partial charge in [0.25, 0.3) is 0 Å². The van der Waals surface area contributed by atoms with Crippen LogP contribution in [0.3, 0.4) is 0 Å². The minimum absolute atomic E-state index is 0.377. The van der Waals surface area contributed by atoms with E-state index in [1.54, 1.807) is 6.20 Å². The van der Waals surface area contributed by atoms with E-state index in [1.165, 1.54) is 0 Å². The van der Waals surface area contributed by atoms with Gasteiger partial charge in [0.05, 0.1) is 17.7 Å². The largest absolute Gasteiger partial charge is 0.489 e. The molecule has 1 aliphatic rings. The van der Waals surface area contributed by atoms with Crippen LogP contribution in [0.25, 0.3) is 11.0 Å². The number of nitrogen functional groups attached to an aromatic ring is 1. The molecule has 5 nitrogen and oxygen atoms in total. The maximum atomic E-state index is 5.68. The number of fused-ring (bicyclic) bond motifs is 1. The fourth-order valence-corrected chi connectivity index (χ4v) is 1.34. The number of ether oxygens (including phenoxy) is 1. The van der Waals surface area contributed by atoms with E-state index in [0.717, 1.165) is 24.0 Å². The minimum atomic E-state index is 0.377. The first-order valence-corrected chi connectivity index (χ1v) is 4.59. The van der Waals surface area contributed by atoms with Gasteiger partial charge < -0.3 is 10.5 Å². The zero-order valence-corrected chi connectivity index (χ0v) is 7.53. The predicted octanol–water partition coefficient (Wildman–Crippen LogP) is 1.08. The highest BCUT2D eigenvalue weighted by molar-refractivity contribution is 5.86. The molecule has 3 rings (SSSR count). The van der Waals surface area contributed by atoms with Gasteiger partial charge >= 0.3 is 0 Å². The number of anilines is 1. The fraction of sp³-hybridized carbons (Fsp3) is 0.333. The average Bonchev–Trinajstić information content (AvgIpc) is 2.92. The lowest BCUT2D eigenvalue weighted by Gasteiger charge is -2.02. The number of hydrogen-bond donors (Lipinski definition) is 2. The van der Waals surface area contributed by atoms with Gasteiger partial charge in [0, 0.05) is 0 Å². The van der Waals surface area contributed by atoms with Crippen LogP contribution in [0.1, 0.15) is 12.8 Å². The molecule has 2 heterocycles. The summed E-state index contributed by atoms with van der Waals surface area (Å²) in [5, 5.41) is 7.44. The Kier molecular flexibility index (Phi) is 1.41. The van der Waals surface area contributed by atoms with Gasteiger partial charge in [0.2, 0.25) is 0 Å². The van der Waals surface area contributed by atoms with Gasteiger partial charge in [-0.15, -0.1) is 0 Å². The summed E-state index contributed by atoms with van der Waals surface area (Å²) in [6, 6.07) is 1.87. The average molecular weight is 190 g/mol. The predicted molar refractivity (Wildman–Crippen MR) is 52.0 cm³/mol. The van der Waals surface area contributed by atoms with Crippen molar-refractivity contribution in [3.63, 3.8) is 0 Å². The van der Waals surface area contributed by atoms with E-state index in [9.17, 15) is 0 Å². The highest BCUT2D eigenvalue weighted by Gasteiger charge is 2.23. The third-order valence-corrected chi connectivity index (χ3v) is 2.24. The second-order valence-corrected chi connectivity index (χ2v) is 3.50. The molecule has 0 aliphatic heterocycles. The first-order valence-electron chi connectivity index (χ1n) is 4.59. The molecule has 1 aliphatic carbocycles. The molecule has 1 saturated carbocycles. The summed E-state index contributed by atoms with van der Waals surface area (Å²) in [5.41, 5.74) is 6.31. The van der Waals surface area contributed by atoms with E-state index in [-0.39, 0.29) is 0 Å². The van der Waals surface area contributed by atoms with Crippen molar-refractivity contribution in [2.45, 2.75) is 18.9 Å². The number of nitrogens with zero attached hydrogens (tertiary/aromatic N) is 2. The molecule has 1 fully saturated rings. The van der Waals surface area contributed by atoms with E-state index >= 15 is 0 Å². The highest BCUT2D eigenvalue weighted by Crippen LogP contribution is 2.28. The van der Waals surface area contributed by atoms with Crippen molar-refractivity contribution in [3.8, 4) is 5.75 Å². The topological polar surface area (TPSA) is 76.8 Å². The summed E-state index contributed by atoms with van der Waals surface area (Å²) >= 11 is 0. The highest BCUT2D eigenvalue weighted by atomic mass is 16.5. The summed E-state index contributed by atoms with van der Waals surface area (Å²) in [7, 11) is 0. The Morgan fingerprint density at radius 3 is 3.14 bits per heavy atom. The lowest BCUT2D eigenvalue weighted by atomic mass is 10.3. The van der Waals surface area contributed by atoms with Crippen molar-refractivity contribution in [1.82, 2.24) is 15.2 Å². The van der Waals surface area contributed by atoms with Crippen LogP contribution in [0, 0.1) is 0 Å². The van der Waals surface area contributed by atoms with Crippen LogP contribution in [0.15, 0.2) is 12.3 Å². The van der Waals surface area contributed by atoms with Gasteiger partial charge in [0.15, 0.2) is 5.65 Å². The number of rotatable bonds is 2. The van der Waals surface area contributed by atoms with E-state index < -0.39 is 0 Å². The van der Waals surface area contributed by atoms with Gasteiger partial charge in [-0.05, 0) is 18.9 Å². The van der Waals surface area contributed by atoms with Crippen molar-refractivity contribution in [2.75, 3.05) is 5.73 Å². The number of H-pyrrole nitrogens is 1. The van der Waals surface area contributed by atoms with Crippen LogP contribution >= 0.6 is 0 Å². The first kappa shape index (κ1) is 7.61. The van der Waals surface area contributed by atoms with E-state index in [2.05, 4.69) is 15.2 Å². The summed E-state index contributed by atoms with van der Waals surface area (Å²) in [4.78, 5) is 4.14. The van der Waals surface area contributed by atoms with Crippen LogP contribution in [0.5, 0.6) is 5.75 Å². The van der Waals surface area contributed by atoms with Gasteiger partial charge in [0.1, 0.15) is 11.6 Å². The Morgan fingerprint density at radius 1 is 1.50 bits per heavy atom. The normalized spacial score (nSPS) is 16.0. The van der Waals surface area contributed by atoms with Gasteiger partial charge in [-0.25, -0.2) is 4.98 Å². The quantitative estimate of drug-likeness (QED) is 0.742. The molecule has 0 bridgehead atoms. The molecule has 0 amide bonds. The maximum Gasteiger partial charge on any atom is 0.183 e. The fourth-order valence-electron chi connectivity index (χ4n) is 1.34. The lowest BCUT2D eigenvalue weighted by molar-refractivity contribution is 0.302. The number of nitrogens with one attached hydrogen (secondary N) is 1. The van der Waals surface area contributed by atoms with Crippen molar-refractivity contribution in [1.29, 1.82) is 0 Å². The monoisotopic (exact) mass is 190 g/mol. The van der Waals surface area contributed by atoms with Crippen LogP contribution in [-0.2, 0) is 0 Å². The SMILES string of the molecule is Nc1[nH]nc2ncc(OC3CC3)cc12. The Morgan fingerprint density at radius 2 is 2.36 bits per heavy atom. The summed E-state index contributed by atoms with van der Waals surface area (Å²) in [5.74, 6) is 1.31. The summed E-state index contributed by atoms with van der Waals surface area (Å²) in [6.07, 6.45) is 4.33. The van der Waals surface area contributed by atoms with Crippen LogP contribution in [0.2, 0.25) is 0 Å². The van der Waals surface area contributed by atoms with E-state index in [0.29, 0.717) is 17.6 Å². The molecule has 14 heavy (non-hydrogen) atoms. The van der Waals surface area contributed by atoms with E-state index in [1.807, 2.05) is 6.07 Å². The van der Waals surface area contributed by atoms with Crippen molar-refractivity contribution < 1.29 is 4.74 Å². The Hall–Kier alpha value is -1.78. The molecule has 2 aromatic rings.